The number of ether oxygens (including phenoxy) is 1. The predicted molar refractivity (Wildman–Crippen MR) is 123 cm³/mol. The van der Waals surface area contributed by atoms with E-state index in [2.05, 4.69) is 32.6 Å². The number of allylic oxidation sites excluding steroid dienone is 9. The summed E-state index contributed by atoms with van der Waals surface area (Å²) in [6.07, 6.45) is 14.7. The predicted octanol–water partition coefficient (Wildman–Crippen LogP) is 4.26. The molecule has 0 aromatic heterocycles. The van der Waals surface area contributed by atoms with Gasteiger partial charge in [0.05, 0.1) is 6.54 Å². The van der Waals surface area contributed by atoms with Crippen LogP contribution in [0.2, 0.25) is 0 Å². The van der Waals surface area contributed by atoms with Crippen LogP contribution in [0.4, 0.5) is 4.39 Å². The number of halogens is 2. The van der Waals surface area contributed by atoms with Crippen molar-refractivity contribution in [1.29, 1.82) is 0 Å². The van der Waals surface area contributed by atoms with Gasteiger partial charge in [-0.15, -0.1) is 0 Å². The van der Waals surface area contributed by atoms with Gasteiger partial charge >= 0.3 is 0 Å². The van der Waals surface area contributed by atoms with Crippen molar-refractivity contribution >= 4 is 16.8 Å². The third kappa shape index (κ3) is 7.47. The molecule has 0 bridgehead atoms. The van der Waals surface area contributed by atoms with Crippen LogP contribution in [-0.2, 0) is 4.74 Å². The van der Waals surface area contributed by atoms with Gasteiger partial charge in [0.1, 0.15) is 6.23 Å². The second-order valence-corrected chi connectivity index (χ2v) is 7.12. The summed E-state index contributed by atoms with van der Waals surface area (Å²) < 4.78 is 18.9. The van der Waals surface area contributed by atoms with E-state index in [4.69, 9.17) is 16.3 Å². The summed E-state index contributed by atoms with van der Waals surface area (Å²) in [7, 11) is 1.70. The van der Waals surface area contributed by atoms with E-state index in [0.29, 0.717) is 18.1 Å². The first kappa shape index (κ1) is 23.9. The molecule has 2 aliphatic rings. The van der Waals surface area contributed by atoms with E-state index >= 15 is 0 Å². The van der Waals surface area contributed by atoms with Crippen LogP contribution < -0.4 is 5.43 Å². The second-order valence-electron chi connectivity index (χ2n) is 6.76. The molecule has 1 fully saturated rings. The highest BCUT2D eigenvalue weighted by molar-refractivity contribution is 6.70. The largest absolute Gasteiger partial charge is 0.372 e. The first-order valence-corrected chi connectivity index (χ1v) is 10.4. The molecule has 1 aliphatic heterocycles. The fraction of sp³-hybridized carbons (Fsp3) is 0.391. The minimum atomic E-state index is -0.342. The van der Waals surface area contributed by atoms with Crippen molar-refractivity contribution in [2.24, 2.45) is 5.10 Å². The third-order valence-corrected chi connectivity index (χ3v) is 5.12. The van der Waals surface area contributed by atoms with Gasteiger partial charge in [0.25, 0.3) is 0 Å². The lowest BCUT2D eigenvalue weighted by Crippen LogP contribution is -2.52. The fourth-order valence-corrected chi connectivity index (χ4v) is 3.45. The summed E-state index contributed by atoms with van der Waals surface area (Å²) in [6, 6.07) is 0. The van der Waals surface area contributed by atoms with Gasteiger partial charge in [-0.1, -0.05) is 54.3 Å². The lowest BCUT2D eigenvalue weighted by molar-refractivity contribution is -0.0480. The van der Waals surface area contributed by atoms with Gasteiger partial charge in [0.15, 0.2) is 11.0 Å². The Bertz CT molecular complexity index is 798. The van der Waals surface area contributed by atoms with Crippen molar-refractivity contribution in [2.45, 2.75) is 19.6 Å². The van der Waals surface area contributed by atoms with E-state index in [-0.39, 0.29) is 12.1 Å². The van der Waals surface area contributed by atoms with Crippen LogP contribution in [0.25, 0.3) is 0 Å². The van der Waals surface area contributed by atoms with Gasteiger partial charge in [-0.05, 0) is 25.2 Å². The van der Waals surface area contributed by atoms with Crippen LogP contribution >= 0.6 is 11.6 Å². The molecular formula is C23H30ClFN4O. The monoisotopic (exact) mass is 432 g/mol. The highest BCUT2D eigenvalue weighted by Crippen LogP contribution is 2.17. The summed E-state index contributed by atoms with van der Waals surface area (Å²) in [6.45, 7) is 9.58. The average molecular weight is 433 g/mol. The molecule has 1 saturated heterocycles. The van der Waals surface area contributed by atoms with Crippen molar-refractivity contribution < 1.29 is 9.13 Å². The fourth-order valence-electron chi connectivity index (χ4n) is 3.27. The molecule has 0 aromatic rings. The minimum Gasteiger partial charge on any atom is -0.372 e. The Hall–Kier alpha value is -2.37. The van der Waals surface area contributed by atoms with E-state index in [1.807, 2.05) is 31.2 Å². The zero-order valence-corrected chi connectivity index (χ0v) is 18.4. The third-order valence-electron chi connectivity index (χ3n) is 4.81. The zero-order chi connectivity index (χ0) is 21.8. The summed E-state index contributed by atoms with van der Waals surface area (Å²) in [5.41, 5.74) is 7.58. The molecule has 7 heteroatoms. The molecule has 1 aliphatic carbocycles. The quantitative estimate of drug-likeness (QED) is 0.256. The molecule has 0 saturated carbocycles. The molecule has 5 nitrogen and oxygen atoms in total. The van der Waals surface area contributed by atoms with Crippen LogP contribution in [0, 0.1) is 0 Å². The number of piperazine rings is 1. The highest BCUT2D eigenvalue weighted by atomic mass is 35.5. The second kappa shape index (κ2) is 13.0. The molecule has 0 spiro atoms. The number of hydrogen-bond acceptors (Lipinski definition) is 5. The van der Waals surface area contributed by atoms with Crippen LogP contribution in [-0.4, -0.2) is 61.0 Å². The van der Waals surface area contributed by atoms with Gasteiger partial charge in [0.2, 0.25) is 0 Å². The number of hydrazone groups is 1. The SMILES string of the molecule is C=C/C=C(\C=C/C)C(/Cl)=N\NCC(OC)N1CCN(/C2=C/C=C=C(F)/C=C\C2)CC1. The average Bonchev–Trinajstić information content (AvgIpc) is 2.74. The molecule has 2 rings (SSSR count). The van der Waals surface area contributed by atoms with E-state index < -0.39 is 0 Å². The van der Waals surface area contributed by atoms with Crippen LogP contribution in [0.15, 0.2) is 83.1 Å². The Morgan fingerprint density at radius 2 is 2.20 bits per heavy atom. The first-order valence-electron chi connectivity index (χ1n) is 10.0. The number of nitrogens with one attached hydrogen (secondary N) is 1. The number of nitrogens with zero attached hydrogens (tertiary/aromatic N) is 3. The lowest BCUT2D eigenvalue weighted by Gasteiger charge is -2.40. The number of hydrogen-bond donors (Lipinski definition) is 1. The van der Waals surface area contributed by atoms with E-state index in [1.54, 1.807) is 25.3 Å². The van der Waals surface area contributed by atoms with E-state index in [1.165, 1.54) is 11.8 Å². The zero-order valence-electron chi connectivity index (χ0n) is 17.7. The summed E-state index contributed by atoms with van der Waals surface area (Å²) in [4.78, 5) is 4.59. The standard InChI is InChI=1S/C23H30ClFN4O/c1-4-8-19(9-5-2)23(24)27-26-18-22(30-3)29-16-14-28(15-17-29)21-12-6-10-20(25)11-7-13-21/h4-10,13,22,26H,1,12,14-18H2,2-3H3/b9-5-,10-6-,19-8+,21-13+,27-23+. The smallest absolute Gasteiger partial charge is 0.165 e. The summed E-state index contributed by atoms with van der Waals surface area (Å²) in [5, 5.41) is 4.62. The molecule has 0 aromatic carbocycles. The molecule has 0 amide bonds. The number of methoxy groups -OCH3 is 1. The molecule has 1 atom stereocenters. The first-order chi connectivity index (χ1) is 14.6. The van der Waals surface area contributed by atoms with Crippen molar-refractivity contribution in [3.63, 3.8) is 0 Å². The van der Waals surface area contributed by atoms with Gasteiger partial charge in [-0.2, -0.15) is 9.49 Å². The topological polar surface area (TPSA) is 40.1 Å². The Morgan fingerprint density at radius 1 is 1.43 bits per heavy atom. The van der Waals surface area contributed by atoms with Crippen molar-refractivity contribution in [2.75, 3.05) is 39.8 Å². The van der Waals surface area contributed by atoms with Crippen LogP contribution in [0.3, 0.4) is 0 Å². The maximum Gasteiger partial charge on any atom is 0.165 e. The van der Waals surface area contributed by atoms with Crippen molar-refractivity contribution in [1.82, 2.24) is 15.2 Å². The summed E-state index contributed by atoms with van der Waals surface area (Å²) >= 11 is 6.27. The number of rotatable bonds is 9. The van der Waals surface area contributed by atoms with Gasteiger partial charge in [-0.3, -0.25) is 4.90 Å². The Labute approximate surface area is 183 Å². The van der Waals surface area contributed by atoms with Gasteiger partial charge < -0.3 is 15.1 Å². The van der Waals surface area contributed by atoms with Crippen molar-refractivity contribution in [3.05, 3.63) is 78.0 Å². The van der Waals surface area contributed by atoms with Crippen LogP contribution in [0.5, 0.6) is 0 Å². The molecule has 0 radical (unpaired) electrons. The molecule has 1 heterocycles. The maximum atomic E-state index is 13.2. The molecular weight excluding hydrogens is 403 g/mol. The van der Waals surface area contributed by atoms with E-state index in [9.17, 15) is 4.39 Å². The lowest BCUT2D eigenvalue weighted by atomic mass is 10.2. The molecule has 1 unspecified atom stereocenters. The molecule has 30 heavy (non-hydrogen) atoms. The molecule has 1 N–H and O–H groups in total. The summed E-state index contributed by atoms with van der Waals surface area (Å²) in [5.74, 6) is -0.342. The maximum absolute atomic E-state index is 13.2. The Morgan fingerprint density at radius 3 is 2.87 bits per heavy atom. The van der Waals surface area contributed by atoms with Gasteiger partial charge in [-0.25, -0.2) is 0 Å². The Balaban J connectivity index is 1.89. The van der Waals surface area contributed by atoms with E-state index in [0.717, 1.165) is 31.8 Å². The Kier molecular flexibility index (Phi) is 10.4. The normalized spacial score (nSPS) is 22.7. The minimum absolute atomic E-state index is 0.114. The van der Waals surface area contributed by atoms with Gasteiger partial charge in [0, 0.05) is 51.0 Å². The van der Waals surface area contributed by atoms with Crippen molar-refractivity contribution in [3.8, 4) is 0 Å². The molecule has 162 valence electrons. The highest BCUT2D eigenvalue weighted by Gasteiger charge is 2.24. The van der Waals surface area contributed by atoms with Crippen LogP contribution in [0.1, 0.15) is 13.3 Å².